The van der Waals surface area contributed by atoms with Crippen molar-refractivity contribution in [2.24, 2.45) is 5.10 Å². The molecule has 2 aromatic rings. The molecule has 2 N–H and O–H groups in total. The van der Waals surface area contributed by atoms with E-state index in [1.807, 2.05) is 6.92 Å². The third-order valence-electron chi connectivity index (χ3n) is 3.42. The number of H-pyrrole nitrogens is 1. The first-order valence-corrected chi connectivity index (χ1v) is 8.84. The first kappa shape index (κ1) is 21.2. The smallest absolute Gasteiger partial charge is 0.259 e. The van der Waals surface area contributed by atoms with Crippen molar-refractivity contribution in [3.63, 3.8) is 0 Å². The third kappa shape index (κ3) is 5.98. The number of likely N-dealkylation sites (N-methyl/N-ethyl adjacent to an activating group) is 1. The van der Waals surface area contributed by atoms with Gasteiger partial charge in [0.2, 0.25) is 5.95 Å². The number of carbonyl (C=O) groups is 1. The topological polar surface area (TPSA) is 109 Å². The van der Waals surface area contributed by atoms with E-state index in [9.17, 15) is 9.59 Å². The fraction of sp³-hybridized carbons (Fsp3) is 0.333. The maximum atomic E-state index is 11.7. The van der Waals surface area contributed by atoms with Gasteiger partial charge in [-0.3, -0.25) is 14.6 Å². The lowest BCUT2D eigenvalue weighted by Crippen LogP contribution is -2.27. The minimum absolute atomic E-state index is 0.159. The quantitative estimate of drug-likeness (QED) is 0.512. The lowest BCUT2D eigenvalue weighted by molar-refractivity contribution is -0.130. The van der Waals surface area contributed by atoms with Crippen molar-refractivity contribution in [2.75, 3.05) is 32.7 Å². The summed E-state index contributed by atoms with van der Waals surface area (Å²) in [5.41, 5.74) is 3.57. The molecular formula is C18H22ClN5O4. The Labute approximate surface area is 167 Å². The molecule has 9 nitrogen and oxygen atoms in total. The molecule has 0 aliphatic carbocycles. The van der Waals surface area contributed by atoms with Crippen molar-refractivity contribution in [2.45, 2.75) is 13.8 Å². The van der Waals surface area contributed by atoms with Crippen LogP contribution in [0.15, 0.2) is 28.1 Å². The Hall–Kier alpha value is -3.07. The van der Waals surface area contributed by atoms with Crippen LogP contribution in [0.2, 0.25) is 5.02 Å². The van der Waals surface area contributed by atoms with Crippen LogP contribution in [0.1, 0.15) is 18.2 Å². The highest BCUT2D eigenvalue weighted by atomic mass is 35.5. The minimum Gasteiger partial charge on any atom is -0.490 e. The summed E-state index contributed by atoms with van der Waals surface area (Å²) in [6.45, 7) is 3.76. The second-order valence-electron chi connectivity index (χ2n) is 5.95. The van der Waals surface area contributed by atoms with Gasteiger partial charge in [-0.05, 0) is 31.5 Å². The first-order chi connectivity index (χ1) is 13.3. The van der Waals surface area contributed by atoms with Gasteiger partial charge in [0.05, 0.1) is 17.8 Å². The van der Waals surface area contributed by atoms with E-state index >= 15 is 0 Å². The van der Waals surface area contributed by atoms with Crippen molar-refractivity contribution < 1.29 is 14.3 Å². The van der Waals surface area contributed by atoms with Gasteiger partial charge in [0.15, 0.2) is 18.1 Å². The normalized spacial score (nSPS) is 10.8. The fourth-order valence-electron chi connectivity index (χ4n) is 2.13. The number of anilines is 1. The lowest BCUT2D eigenvalue weighted by atomic mass is 10.2. The molecule has 28 heavy (non-hydrogen) atoms. The molecule has 2 rings (SSSR count). The Bertz CT molecular complexity index is 927. The van der Waals surface area contributed by atoms with Crippen LogP contribution in [0.4, 0.5) is 5.95 Å². The van der Waals surface area contributed by atoms with Crippen LogP contribution >= 0.6 is 11.6 Å². The van der Waals surface area contributed by atoms with Crippen molar-refractivity contribution in [3.05, 3.63) is 44.8 Å². The molecule has 0 bridgehead atoms. The number of carbonyl (C=O) groups excluding carboxylic acids is 1. The highest BCUT2D eigenvalue weighted by molar-refractivity contribution is 6.32. The van der Waals surface area contributed by atoms with Gasteiger partial charge in [0, 0.05) is 25.9 Å². The second-order valence-corrected chi connectivity index (χ2v) is 6.35. The van der Waals surface area contributed by atoms with Gasteiger partial charge >= 0.3 is 0 Å². The number of nitrogens with one attached hydrogen (secondary N) is 2. The van der Waals surface area contributed by atoms with Crippen LogP contribution in [0.3, 0.4) is 0 Å². The number of aryl methyl sites for hydroxylation is 1. The van der Waals surface area contributed by atoms with E-state index in [1.54, 1.807) is 33.2 Å². The molecule has 1 aromatic carbocycles. The molecule has 0 fully saturated rings. The van der Waals surface area contributed by atoms with E-state index in [4.69, 9.17) is 21.1 Å². The Morgan fingerprint density at radius 3 is 2.75 bits per heavy atom. The maximum Gasteiger partial charge on any atom is 0.259 e. The molecule has 0 unspecified atom stereocenters. The van der Waals surface area contributed by atoms with E-state index in [0.717, 1.165) is 0 Å². The van der Waals surface area contributed by atoms with Crippen molar-refractivity contribution >= 4 is 29.7 Å². The molecule has 0 radical (unpaired) electrons. The number of aromatic nitrogens is 2. The molecule has 0 aliphatic heterocycles. The highest BCUT2D eigenvalue weighted by Crippen LogP contribution is 2.36. The fourth-order valence-corrected chi connectivity index (χ4v) is 2.40. The summed E-state index contributed by atoms with van der Waals surface area (Å²) in [5, 5.41) is 4.32. The minimum atomic E-state index is -0.277. The molecule has 0 saturated carbocycles. The Kier molecular flexibility index (Phi) is 7.39. The van der Waals surface area contributed by atoms with Gasteiger partial charge in [-0.2, -0.15) is 5.10 Å². The van der Waals surface area contributed by atoms with Crippen molar-refractivity contribution in [1.29, 1.82) is 0 Å². The number of nitrogens with zero attached hydrogens (tertiary/aromatic N) is 3. The summed E-state index contributed by atoms with van der Waals surface area (Å²) in [7, 11) is 3.28. The zero-order valence-corrected chi connectivity index (χ0v) is 16.8. The van der Waals surface area contributed by atoms with E-state index in [1.165, 1.54) is 17.2 Å². The molecule has 1 aromatic heterocycles. The third-order valence-corrected chi connectivity index (χ3v) is 3.71. The average Bonchev–Trinajstić information content (AvgIpc) is 2.60. The number of hydrazone groups is 1. The number of halogens is 1. The molecule has 10 heteroatoms. The van der Waals surface area contributed by atoms with Gasteiger partial charge in [-0.25, -0.2) is 10.4 Å². The zero-order valence-electron chi connectivity index (χ0n) is 16.1. The Morgan fingerprint density at radius 2 is 2.11 bits per heavy atom. The lowest BCUT2D eigenvalue weighted by Gasteiger charge is -2.16. The van der Waals surface area contributed by atoms with Crippen LogP contribution < -0.4 is 20.5 Å². The van der Waals surface area contributed by atoms with E-state index < -0.39 is 0 Å². The average molecular weight is 408 g/mol. The molecule has 0 saturated heterocycles. The summed E-state index contributed by atoms with van der Waals surface area (Å²) in [6, 6.07) is 4.68. The van der Waals surface area contributed by atoms with E-state index in [2.05, 4.69) is 20.5 Å². The van der Waals surface area contributed by atoms with Gasteiger partial charge in [-0.1, -0.05) is 11.6 Å². The number of amides is 1. The molecule has 0 spiro atoms. The van der Waals surface area contributed by atoms with Gasteiger partial charge in [0.25, 0.3) is 11.5 Å². The predicted octanol–water partition coefficient (Wildman–Crippen LogP) is 2.04. The van der Waals surface area contributed by atoms with E-state index in [-0.39, 0.29) is 34.8 Å². The number of rotatable bonds is 8. The molecule has 150 valence electrons. The van der Waals surface area contributed by atoms with Crippen LogP contribution in [0.25, 0.3) is 0 Å². The number of hydrogen-bond donors (Lipinski definition) is 2. The second kappa shape index (κ2) is 9.75. The predicted molar refractivity (Wildman–Crippen MR) is 108 cm³/mol. The molecule has 1 heterocycles. The summed E-state index contributed by atoms with van der Waals surface area (Å²) in [6.07, 6.45) is 1.49. The van der Waals surface area contributed by atoms with Gasteiger partial charge in [-0.15, -0.1) is 0 Å². The Balaban J connectivity index is 2.18. The largest absolute Gasteiger partial charge is 0.490 e. The monoisotopic (exact) mass is 407 g/mol. The summed E-state index contributed by atoms with van der Waals surface area (Å²) in [5.74, 6) is 0.700. The summed E-state index contributed by atoms with van der Waals surface area (Å²) >= 11 is 6.30. The molecule has 0 atom stereocenters. The number of hydrogen-bond acceptors (Lipinski definition) is 7. The molecule has 0 aliphatic rings. The van der Waals surface area contributed by atoms with Gasteiger partial charge < -0.3 is 14.4 Å². The number of ether oxygens (including phenoxy) is 2. The zero-order chi connectivity index (χ0) is 20.7. The van der Waals surface area contributed by atoms with Crippen LogP contribution in [0, 0.1) is 6.92 Å². The summed E-state index contributed by atoms with van der Waals surface area (Å²) < 4.78 is 11.1. The van der Waals surface area contributed by atoms with Gasteiger partial charge in [0.1, 0.15) is 0 Å². The Morgan fingerprint density at radius 1 is 1.36 bits per heavy atom. The van der Waals surface area contributed by atoms with Crippen molar-refractivity contribution in [1.82, 2.24) is 14.9 Å². The SMILES string of the molecule is CCOc1cc(/C=N\Nc2nc(C)cc(=O)[nH]2)cc(Cl)c1OCC(=O)N(C)C. The number of aromatic amines is 1. The molecular weight excluding hydrogens is 386 g/mol. The first-order valence-electron chi connectivity index (χ1n) is 8.46. The molecule has 1 amide bonds. The van der Waals surface area contributed by atoms with E-state index in [0.29, 0.717) is 23.6 Å². The number of benzene rings is 1. The van der Waals surface area contributed by atoms with Crippen molar-refractivity contribution in [3.8, 4) is 11.5 Å². The van der Waals surface area contributed by atoms with Crippen LogP contribution in [-0.4, -0.2) is 54.3 Å². The standard InChI is InChI=1S/C18H22ClN5O4/c1-5-27-14-8-12(7-13(19)17(14)28-10-16(26)24(3)4)9-20-23-18-21-11(2)6-15(25)22-18/h6-9H,5,10H2,1-4H3,(H2,21,22,23,25)/b20-9-. The highest BCUT2D eigenvalue weighted by Gasteiger charge is 2.14. The maximum absolute atomic E-state index is 11.7. The van der Waals surface area contributed by atoms with Crippen LogP contribution in [0.5, 0.6) is 11.5 Å². The summed E-state index contributed by atoms with van der Waals surface area (Å²) in [4.78, 5) is 31.2. The van der Waals surface area contributed by atoms with Crippen LogP contribution in [-0.2, 0) is 4.79 Å².